The van der Waals surface area contributed by atoms with Gasteiger partial charge in [0.2, 0.25) is 0 Å². The zero-order valence-electron chi connectivity index (χ0n) is 10.9. The van der Waals surface area contributed by atoms with Crippen molar-refractivity contribution in [3.63, 3.8) is 0 Å². The van der Waals surface area contributed by atoms with E-state index < -0.39 is 0 Å². The van der Waals surface area contributed by atoms with Crippen molar-refractivity contribution in [2.45, 2.75) is 38.6 Å². The zero-order chi connectivity index (χ0) is 13.0. The number of amides is 1. The fourth-order valence-electron chi connectivity index (χ4n) is 2.68. The number of rotatable bonds is 3. The van der Waals surface area contributed by atoms with Gasteiger partial charge in [0.15, 0.2) is 0 Å². The molecule has 1 aliphatic rings. The van der Waals surface area contributed by atoms with E-state index in [1.54, 1.807) is 0 Å². The van der Waals surface area contributed by atoms with Gasteiger partial charge >= 0.3 is 0 Å². The highest BCUT2D eigenvalue weighted by atomic mass is 16.3. The van der Waals surface area contributed by atoms with Crippen LogP contribution in [-0.4, -0.2) is 35.1 Å². The molecule has 0 spiro atoms. The van der Waals surface area contributed by atoms with Crippen molar-refractivity contribution in [3.05, 3.63) is 35.4 Å². The van der Waals surface area contributed by atoms with Crippen molar-refractivity contribution in [2.75, 3.05) is 13.2 Å². The molecule has 0 saturated carbocycles. The summed E-state index contributed by atoms with van der Waals surface area (Å²) in [7, 11) is 0. The Morgan fingerprint density at radius 3 is 2.89 bits per heavy atom. The number of aliphatic hydroxyl groups excluding tert-OH is 1. The number of carbonyl (C=O) groups excluding carboxylic acids is 1. The molecule has 1 amide bonds. The van der Waals surface area contributed by atoms with Crippen molar-refractivity contribution in [2.24, 2.45) is 0 Å². The number of aryl methyl sites for hydroxylation is 1. The Balaban J connectivity index is 2.18. The molecule has 1 N–H and O–H groups in total. The van der Waals surface area contributed by atoms with E-state index in [2.05, 4.69) is 0 Å². The van der Waals surface area contributed by atoms with Crippen LogP contribution in [0.15, 0.2) is 24.3 Å². The molecule has 1 atom stereocenters. The number of piperidine rings is 1. The number of carbonyl (C=O) groups is 1. The normalized spacial score (nSPS) is 19.9. The number of likely N-dealkylation sites (tertiary alicyclic amines) is 1. The predicted molar refractivity (Wildman–Crippen MR) is 71.6 cm³/mol. The van der Waals surface area contributed by atoms with Gasteiger partial charge in [-0.15, -0.1) is 0 Å². The molecule has 2 rings (SSSR count). The summed E-state index contributed by atoms with van der Waals surface area (Å²) in [5.41, 5.74) is 1.82. The van der Waals surface area contributed by atoms with Crippen molar-refractivity contribution < 1.29 is 9.90 Å². The van der Waals surface area contributed by atoms with Crippen LogP contribution in [-0.2, 0) is 0 Å². The van der Waals surface area contributed by atoms with E-state index in [4.69, 9.17) is 5.11 Å². The molecule has 1 fully saturated rings. The van der Waals surface area contributed by atoms with Crippen LogP contribution < -0.4 is 0 Å². The Kier molecular flexibility index (Phi) is 4.37. The molecule has 1 saturated heterocycles. The van der Waals surface area contributed by atoms with E-state index >= 15 is 0 Å². The topological polar surface area (TPSA) is 40.5 Å². The summed E-state index contributed by atoms with van der Waals surface area (Å²) in [4.78, 5) is 14.5. The van der Waals surface area contributed by atoms with Crippen molar-refractivity contribution >= 4 is 5.91 Å². The third kappa shape index (κ3) is 2.72. The van der Waals surface area contributed by atoms with Crippen LogP contribution in [0.5, 0.6) is 0 Å². The summed E-state index contributed by atoms with van der Waals surface area (Å²) in [6.45, 7) is 2.94. The number of aliphatic hydroxyl groups is 1. The van der Waals surface area contributed by atoms with Gasteiger partial charge in [-0.2, -0.15) is 0 Å². The minimum absolute atomic E-state index is 0.117. The van der Waals surface area contributed by atoms with E-state index in [-0.39, 0.29) is 18.6 Å². The first-order valence-corrected chi connectivity index (χ1v) is 6.71. The van der Waals surface area contributed by atoms with Gasteiger partial charge in [-0.25, -0.2) is 0 Å². The maximum atomic E-state index is 12.6. The molecule has 1 aliphatic heterocycles. The van der Waals surface area contributed by atoms with Gasteiger partial charge in [0.1, 0.15) is 0 Å². The highest BCUT2D eigenvalue weighted by Gasteiger charge is 2.27. The Morgan fingerprint density at radius 1 is 1.39 bits per heavy atom. The Bertz CT molecular complexity index is 415. The molecule has 1 aromatic rings. The zero-order valence-corrected chi connectivity index (χ0v) is 10.9. The van der Waals surface area contributed by atoms with Gasteiger partial charge in [0, 0.05) is 24.8 Å². The van der Waals surface area contributed by atoms with Crippen LogP contribution in [0, 0.1) is 6.92 Å². The lowest BCUT2D eigenvalue weighted by Gasteiger charge is -2.36. The fraction of sp³-hybridized carbons (Fsp3) is 0.533. The van der Waals surface area contributed by atoms with Crippen LogP contribution in [0.4, 0.5) is 0 Å². The van der Waals surface area contributed by atoms with E-state index in [0.29, 0.717) is 6.42 Å². The molecule has 0 bridgehead atoms. The molecular formula is C15H21NO2. The van der Waals surface area contributed by atoms with Crippen LogP contribution in [0.2, 0.25) is 0 Å². The average Bonchev–Trinajstić information content (AvgIpc) is 2.40. The monoisotopic (exact) mass is 247 g/mol. The summed E-state index contributed by atoms with van der Waals surface area (Å²) >= 11 is 0. The van der Waals surface area contributed by atoms with Crippen LogP contribution in [0.3, 0.4) is 0 Å². The predicted octanol–water partition coefficient (Wildman–Crippen LogP) is 2.37. The molecular weight excluding hydrogens is 226 g/mol. The number of nitrogens with zero attached hydrogens (tertiary/aromatic N) is 1. The van der Waals surface area contributed by atoms with Crippen LogP contribution >= 0.6 is 0 Å². The van der Waals surface area contributed by atoms with E-state index in [1.807, 2.05) is 36.1 Å². The minimum atomic E-state index is 0.117. The fourth-order valence-corrected chi connectivity index (χ4v) is 2.68. The second-order valence-electron chi connectivity index (χ2n) is 4.98. The smallest absolute Gasteiger partial charge is 0.254 e. The summed E-state index contributed by atoms with van der Waals surface area (Å²) < 4.78 is 0. The molecule has 0 unspecified atom stereocenters. The second kappa shape index (κ2) is 6.01. The molecule has 98 valence electrons. The maximum absolute atomic E-state index is 12.6. The van der Waals surface area contributed by atoms with Gasteiger partial charge < -0.3 is 10.0 Å². The molecule has 3 heteroatoms. The minimum Gasteiger partial charge on any atom is -0.396 e. The van der Waals surface area contributed by atoms with E-state index in [1.165, 1.54) is 0 Å². The first-order chi connectivity index (χ1) is 8.74. The lowest BCUT2D eigenvalue weighted by atomic mass is 9.97. The summed E-state index contributed by atoms with van der Waals surface area (Å²) in [5.74, 6) is 0.117. The third-order valence-corrected chi connectivity index (χ3v) is 3.73. The highest BCUT2D eigenvalue weighted by molar-refractivity contribution is 5.95. The second-order valence-corrected chi connectivity index (χ2v) is 4.98. The van der Waals surface area contributed by atoms with Crippen molar-refractivity contribution in [1.82, 2.24) is 4.90 Å². The quantitative estimate of drug-likeness (QED) is 0.891. The largest absolute Gasteiger partial charge is 0.396 e. The average molecular weight is 247 g/mol. The molecule has 0 aromatic heterocycles. The molecule has 0 radical (unpaired) electrons. The molecule has 1 heterocycles. The Hall–Kier alpha value is -1.35. The van der Waals surface area contributed by atoms with Gasteiger partial charge in [-0.1, -0.05) is 18.2 Å². The maximum Gasteiger partial charge on any atom is 0.254 e. The van der Waals surface area contributed by atoms with Gasteiger partial charge in [0.05, 0.1) is 0 Å². The van der Waals surface area contributed by atoms with Crippen LogP contribution in [0.1, 0.15) is 41.6 Å². The number of hydrogen-bond acceptors (Lipinski definition) is 2. The lowest BCUT2D eigenvalue weighted by molar-refractivity contribution is 0.0574. The van der Waals surface area contributed by atoms with Gasteiger partial charge in [0.25, 0.3) is 5.91 Å². The first-order valence-electron chi connectivity index (χ1n) is 6.71. The van der Waals surface area contributed by atoms with Gasteiger partial charge in [-0.05, 0) is 44.2 Å². The Morgan fingerprint density at radius 2 is 2.17 bits per heavy atom. The SMILES string of the molecule is Cc1ccccc1C(=O)N1CCCC[C@@H]1CCO. The van der Waals surface area contributed by atoms with Gasteiger partial charge in [-0.3, -0.25) is 4.79 Å². The van der Waals surface area contributed by atoms with Crippen molar-refractivity contribution in [1.29, 1.82) is 0 Å². The number of hydrogen-bond donors (Lipinski definition) is 1. The standard InChI is InChI=1S/C15H21NO2/c1-12-6-2-3-8-14(12)15(18)16-10-5-4-7-13(16)9-11-17/h2-3,6,8,13,17H,4-5,7,9-11H2,1H3/t13-/m1/s1. The van der Waals surface area contributed by atoms with E-state index in [0.717, 1.165) is 36.9 Å². The number of benzene rings is 1. The summed E-state index contributed by atoms with van der Waals surface area (Å²) in [5, 5.41) is 9.11. The molecule has 18 heavy (non-hydrogen) atoms. The molecule has 3 nitrogen and oxygen atoms in total. The molecule has 1 aromatic carbocycles. The lowest BCUT2D eigenvalue weighted by Crippen LogP contribution is -2.44. The van der Waals surface area contributed by atoms with Crippen molar-refractivity contribution in [3.8, 4) is 0 Å². The highest BCUT2D eigenvalue weighted by Crippen LogP contribution is 2.22. The summed E-state index contributed by atoms with van der Waals surface area (Å²) in [6.07, 6.45) is 3.93. The molecule has 0 aliphatic carbocycles. The van der Waals surface area contributed by atoms with E-state index in [9.17, 15) is 4.79 Å². The first kappa shape index (κ1) is 13.1. The summed E-state index contributed by atoms with van der Waals surface area (Å²) in [6, 6.07) is 7.93. The third-order valence-electron chi connectivity index (χ3n) is 3.73. The Labute approximate surface area is 108 Å². The van der Waals surface area contributed by atoms with Crippen LogP contribution in [0.25, 0.3) is 0 Å².